The Morgan fingerprint density at radius 2 is 1.88 bits per heavy atom. The summed E-state index contributed by atoms with van der Waals surface area (Å²) >= 11 is 0. The first kappa shape index (κ1) is 9.65. The van der Waals surface area contributed by atoms with Gasteiger partial charge in [-0.15, -0.1) is 0 Å². The molecule has 3 rings (SSSR count). The van der Waals surface area contributed by atoms with Crippen LogP contribution in [-0.2, 0) is 0 Å². The maximum atomic E-state index is 5.74. The molecule has 17 heavy (non-hydrogen) atoms. The summed E-state index contributed by atoms with van der Waals surface area (Å²) in [4.78, 5) is 11.2. The molecule has 2 aromatic heterocycles. The van der Waals surface area contributed by atoms with Crippen LogP contribution in [0.5, 0.6) is 11.5 Å². The smallest absolute Gasteiger partial charge is 0.181 e. The first-order valence-corrected chi connectivity index (χ1v) is 5.14. The molecule has 0 radical (unpaired) electrons. The Kier molecular flexibility index (Phi) is 2.15. The van der Waals surface area contributed by atoms with Crippen LogP contribution in [0, 0.1) is 0 Å². The molecule has 0 saturated heterocycles. The van der Waals surface area contributed by atoms with Crippen LogP contribution >= 0.6 is 0 Å². The number of pyridine rings is 1. The normalized spacial score (nSPS) is 10.6. The van der Waals surface area contributed by atoms with E-state index >= 15 is 0 Å². The molecular formula is C12H10N4O. The second kappa shape index (κ2) is 3.79. The standard InChI is InChI=1S/C12H10N4O/c13-8-1-3-9(4-2-8)17-10-5-6-14-12-11(10)15-7-16-12/h1-7H,13H2,(H,14,15,16). The Balaban J connectivity index is 1.99. The van der Waals surface area contributed by atoms with Gasteiger partial charge in [0.15, 0.2) is 11.4 Å². The number of hydrogen-bond acceptors (Lipinski definition) is 4. The van der Waals surface area contributed by atoms with E-state index in [0.717, 1.165) is 11.3 Å². The monoisotopic (exact) mass is 226 g/mol. The molecule has 0 aliphatic rings. The fourth-order valence-electron chi connectivity index (χ4n) is 1.57. The summed E-state index contributed by atoms with van der Waals surface area (Å²) in [7, 11) is 0. The molecule has 0 aliphatic heterocycles. The first-order chi connectivity index (χ1) is 8.33. The van der Waals surface area contributed by atoms with Crippen LogP contribution in [0.25, 0.3) is 11.2 Å². The van der Waals surface area contributed by atoms with Gasteiger partial charge in [0.2, 0.25) is 0 Å². The number of H-pyrrole nitrogens is 1. The summed E-state index contributed by atoms with van der Waals surface area (Å²) in [6, 6.07) is 9.01. The summed E-state index contributed by atoms with van der Waals surface area (Å²) in [6.45, 7) is 0. The third kappa shape index (κ3) is 1.78. The Morgan fingerprint density at radius 3 is 2.71 bits per heavy atom. The van der Waals surface area contributed by atoms with Crippen molar-refractivity contribution < 1.29 is 4.74 Å². The number of ether oxygens (including phenoxy) is 1. The van der Waals surface area contributed by atoms with Crippen LogP contribution in [-0.4, -0.2) is 15.0 Å². The third-order valence-corrected chi connectivity index (χ3v) is 2.40. The topological polar surface area (TPSA) is 76.8 Å². The Bertz CT molecular complexity index is 645. The van der Waals surface area contributed by atoms with E-state index in [2.05, 4.69) is 15.0 Å². The largest absolute Gasteiger partial charge is 0.455 e. The van der Waals surface area contributed by atoms with Gasteiger partial charge in [0.05, 0.1) is 6.33 Å². The number of nitrogen functional groups attached to an aromatic ring is 1. The van der Waals surface area contributed by atoms with Crippen LogP contribution in [0.3, 0.4) is 0 Å². The highest BCUT2D eigenvalue weighted by Gasteiger charge is 2.05. The second-order valence-corrected chi connectivity index (χ2v) is 3.58. The van der Waals surface area contributed by atoms with E-state index in [4.69, 9.17) is 10.5 Å². The minimum atomic E-state index is 0.637. The molecule has 0 aliphatic carbocycles. The minimum Gasteiger partial charge on any atom is -0.455 e. The van der Waals surface area contributed by atoms with E-state index in [0.29, 0.717) is 17.1 Å². The van der Waals surface area contributed by atoms with Gasteiger partial charge in [-0.25, -0.2) is 9.97 Å². The lowest BCUT2D eigenvalue weighted by Crippen LogP contribution is -1.88. The second-order valence-electron chi connectivity index (χ2n) is 3.58. The number of benzene rings is 1. The molecule has 0 amide bonds. The van der Waals surface area contributed by atoms with Crippen LogP contribution < -0.4 is 10.5 Å². The van der Waals surface area contributed by atoms with E-state index in [1.807, 2.05) is 12.1 Å². The lowest BCUT2D eigenvalue weighted by atomic mass is 10.3. The molecule has 0 saturated carbocycles. The molecule has 0 bridgehead atoms. The molecule has 3 N–H and O–H groups in total. The fourth-order valence-corrected chi connectivity index (χ4v) is 1.57. The molecule has 5 heteroatoms. The average Bonchev–Trinajstić information content (AvgIpc) is 2.81. The van der Waals surface area contributed by atoms with E-state index in [1.54, 1.807) is 30.7 Å². The molecule has 2 heterocycles. The summed E-state index contributed by atoms with van der Waals surface area (Å²) in [5, 5.41) is 0. The number of fused-ring (bicyclic) bond motifs is 1. The van der Waals surface area contributed by atoms with Crippen LogP contribution in [0.2, 0.25) is 0 Å². The summed E-state index contributed by atoms with van der Waals surface area (Å²) in [6.07, 6.45) is 3.25. The van der Waals surface area contributed by atoms with Crippen LogP contribution in [0.1, 0.15) is 0 Å². The van der Waals surface area contributed by atoms with Crippen LogP contribution in [0.15, 0.2) is 42.9 Å². The SMILES string of the molecule is Nc1ccc(Oc2ccnc3nc[nH]c23)cc1. The van der Waals surface area contributed by atoms with Gasteiger partial charge >= 0.3 is 0 Å². The first-order valence-electron chi connectivity index (χ1n) is 5.14. The fraction of sp³-hybridized carbons (Fsp3) is 0. The minimum absolute atomic E-state index is 0.637. The predicted molar refractivity (Wildman–Crippen MR) is 64.8 cm³/mol. The van der Waals surface area contributed by atoms with Gasteiger partial charge in [0.1, 0.15) is 11.3 Å². The number of aromatic nitrogens is 3. The average molecular weight is 226 g/mol. The van der Waals surface area contributed by atoms with Crippen molar-refractivity contribution in [3.63, 3.8) is 0 Å². The zero-order chi connectivity index (χ0) is 11.7. The van der Waals surface area contributed by atoms with Crippen molar-refractivity contribution in [3.05, 3.63) is 42.9 Å². The summed E-state index contributed by atoms with van der Waals surface area (Å²) < 4.78 is 5.74. The summed E-state index contributed by atoms with van der Waals surface area (Å²) in [5.41, 5.74) is 7.74. The highest BCUT2D eigenvalue weighted by molar-refractivity contribution is 5.77. The van der Waals surface area contributed by atoms with Gasteiger partial charge in [-0.3, -0.25) is 0 Å². The molecule has 5 nitrogen and oxygen atoms in total. The number of nitrogens with two attached hydrogens (primary N) is 1. The van der Waals surface area contributed by atoms with Gasteiger partial charge in [-0.1, -0.05) is 0 Å². The van der Waals surface area contributed by atoms with Crippen molar-refractivity contribution in [2.45, 2.75) is 0 Å². The van der Waals surface area contributed by atoms with Crippen molar-refractivity contribution in [2.75, 3.05) is 5.73 Å². The quantitative estimate of drug-likeness (QED) is 0.657. The molecule has 0 atom stereocenters. The Morgan fingerprint density at radius 1 is 1.06 bits per heavy atom. The number of imidazole rings is 1. The van der Waals surface area contributed by atoms with Crippen LogP contribution in [0.4, 0.5) is 5.69 Å². The van der Waals surface area contributed by atoms with Crippen molar-refractivity contribution in [3.8, 4) is 11.5 Å². The molecular weight excluding hydrogens is 216 g/mol. The highest BCUT2D eigenvalue weighted by Crippen LogP contribution is 2.26. The van der Waals surface area contributed by atoms with Gasteiger partial charge in [0.25, 0.3) is 0 Å². The van der Waals surface area contributed by atoms with Gasteiger partial charge in [0, 0.05) is 18.0 Å². The molecule has 0 unspecified atom stereocenters. The number of nitrogens with one attached hydrogen (secondary N) is 1. The number of nitrogens with zero attached hydrogens (tertiary/aromatic N) is 2. The maximum absolute atomic E-state index is 5.74. The Hall–Kier alpha value is -2.56. The Labute approximate surface area is 97.3 Å². The maximum Gasteiger partial charge on any atom is 0.181 e. The van der Waals surface area contributed by atoms with Crippen molar-refractivity contribution in [1.82, 2.24) is 15.0 Å². The van der Waals surface area contributed by atoms with Crippen molar-refractivity contribution in [1.29, 1.82) is 0 Å². The molecule has 3 aromatic rings. The van der Waals surface area contributed by atoms with Crippen molar-refractivity contribution >= 4 is 16.9 Å². The van der Waals surface area contributed by atoms with Gasteiger partial charge in [-0.05, 0) is 24.3 Å². The third-order valence-electron chi connectivity index (χ3n) is 2.40. The highest BCUT2D eigenvalue weighted by atomic mass is 16.5. The zero-order valence-corrected chi connectivity index (χ0v) is 8.92. The predicted octanol–water partition coefficient (Wildman–Crippen LogP) is 2.33. The number of hydrogen-bond donors (Lipinski definition) is 2. The van der Waals surface area contributed by atoms with E-state index in [-0.39, 0.29) is 0 Å². The number of rotatable bonds is 2. The molecule has 0 fully saturated rings. The summed E-state index contributed by atoms with van der Waals surface area (Å²) in [5.74, 6) is 1.42. The van der Waals surface area contributed by atoms with Gasteiger partial charge < -0.3 is 15.5 Å². The molecule has 84 valence electrons. The lowest BCUT2D eigenvalue weighted by Gasteiger charge is -2.06. The van der Waals surface area contributed by atoms with Gasteiger partial charge in [-0.2, -0.15) is 0 Å². The number of aromatic amines is 1. The van der Waals surface area contributed by atoms with E-state index in [1.165, 1.54) is 0 Å². The molecule has 1 aromatic carbocycles. The molecule has 0 spiro atoms. The van der Waals surface area contributed by atoms with E-state index in [9.17, 15) is 0 Å². The van der Waals surface area contributed by atoms with E-state index < -0.39 is 0 Å². The zero-order valence-electron chi connectivity index (χ0n) is 8.92. The lowest BCUT2D eigenvalue weighted by molar-refractivity contribution is 0.487. The number of anilines is 1. The van der Waals surface area contributed by atoms with Crippen molar-refractivity contribution in [2.24, 2.45) is 0 Å².